The molecule has 1 unspecified atom stereocenters. The van der Waals surface area contributed by atoms with E-state index in [9.17, 15) is 13.2 Å². The Kier molecular flexibility index (Phi) is 5.29. The van der Waals surface area contributed by atoms with Gasteiger partial charge in [-0.1, -0.05) is 6.92 Å². The maximum atomic E-state index is 12.9. The minimum atomic E-state index is -3.56. The predicted octanol–water partition coefficient (Wildman–Crippen LogP) is 2.19. The number of aryl methyl sites for hydroxylation is 2. The van der Waals surface area contributed by atoms with Gasteiger partial charge in [0, 0.05) is 31.2 Å². The van der Waals surface area contributed by atoms with Gasteiger partial charge in [0.15, 0.2) is 0 Å². The van der Waals surface area contributed by atoms with Gasteiger partial charge in [-0.3, -0.25) is 9.36 Å². The monoisotopic (exact) mass is 428 g/mol. The summed E-state index contributed by atoms with van der Waals surface area (Å²) in [6, 6.07) is 4.97. The van der Waals surface area contributed by atoms with E-state index >= 15 is 0 Å². The molecule has 0 radical (unpaired) electrons. The van der Waals surface area contributed by atoms with Gasteiger partial charge in [-0.2, -0.15) is 14.1 Å². The molecule has 9 nitrogen and oxygen atoms in total. The van der Waals surface area contributed by atoms with Crippen LogP contribution in [0.4, 0.5) is 0 Å². The van der Waals surface area contributed by atoms with Crippen LogP contribution in [0.1, 0.15) is 41.6 Å². The van der Waals surface area contributed by atoms with Crippen molar-refractivity contribution >= 4 is 15.9 Å². The third-order valence-electron chi connectivity index (χ3n) is 5.25. The number of imidazole rings is 1. The molecule has 0 aliphatic carbocycles. The van der Waals surface area contributed by atoms with Crippen molar-refractivity contribution in [3.05, 3.63) is 54.0 Å². The molecule has 1 aliphatic heterocycles. The van der Waals surface area contributed by atoms with Gasteiger partial charge < -0.3 is 0 Å². The van der Waals surface area contributed by atoms with Gasteiger partial charge in [-0.05, 0) is 50.8 Å². The van der Waals surface area contributed by atoms with Crippen molar-refractivity contribution in [1.29, 1.82) is 0 Å². The van der Waals surface area contributed by atoms with Gasteiger partial charge in [-0.25, -0.2) is 18.4 Å². The standard InChI is InChI=1S/C20H24N6O3S/c1-14-5-4-8-25(11-14)30(28,29)17-6-7-19(21-10-17)24-12-18(22-13-24)20(27)26-16(3)9-15(2)23-26/h6-7,9-10,12-14H,4-5,8,11H2,1-3H3. The molecule has 0 spiro atoms. The van der Waals surface area contributed by atoms with Crippen molar-refractivity contribution in [2.75, 3.05) is 13.1 Å². The summed E-state index contributed by atoms with van der Waals surface area (Å²) >= 11 is 0. The van der Waals surface area contributed by atoms with Gasteiger partial charge in [0.1, 0.15) is 22.7 Å². The van der Waals surface area contributed by atoms with Crippen LogP contribution in [0.15, 0.2) is 41.8 Å². The molecule has 0 N–H and O–H groups in total. The summed E-state index contributed by atoms with van der Waals surface area (Å²) in [7, 11) is -3.56. The number of carbonyl (C=O) groups is 1. The first-order valence-electron chi connectivity index (χ1n) is 9.84. The largest absolute Gasteiger partial charge is 0.298 e. The van der Waals surface area contributed by atoms with Crippen molar-refractivity contribution < 1.29 is 13.2 Å². The Morgan fingerprint density at radius 1 is 1.20 bits per heavy atom. The molecule has 1 atom stereocenters. The Balaban J connectivity index is 1.55. The maximum absolute atomic E-state index is 12.9. The summed E-state index contributed by atoms with van der Waals surface area (Å²) in [5.74, 6) is 0.489. The second-order valence-electron chi connectivity index (χ2n) is 7.77. The Morgan fingerprint density at radius 2 is 2.00 bits per heavy atom. The van der Waals surface area contributed by atoms with E-state index in [1.165, 1.54) is 21.5 Å². The number of hydrogen-bond donors (Lipinski definition) is 0. The second-order valence-corrected chi connectivity index (χ2v) is 9.71. The quantitative estimate of drug-likeness (QED) is 0.631. The first-order chi connectivity index (χ1) is 14.3. The molecule has 0 aromatic carbocycles. The molecule has 1 saturated heterocycles. The van der Waals surface area contributed by atoms with Crippen molar-refractivity contribution in [3.63, 3.8) is 0 Å². The molecule has 0 amide bonds. The van der Waals surface area contributed by atoms with Crippen LogP contribution >= 0.6 is 0 Å². The van der Waals surface area contributed by atoms with E-state index < -0.39 is 10.0 Å². The van der Waals surface area contributed by atoms with Crippen molar-refractivity contribution in [2.24, 2.45) is 5.92 Å². The fourth-order valence-corrected chi connectivity index (χ4v) is 5.24. The van der Waals surface area contributed by atoms with E-state index in [1.807, 2.05) is 13.0 Å². The van der Waals surface area contributed by atoms with E-state index in [1.54, 1.807) is 29.8 Å². The van der Waals surface area contributed by atoms with Gasteiger partial charge >= 0.3 is 0 Å². The van der Waals surface area contributed by atoms with E-state index in [2.05, 4.69) is 22.0 Å². The number of hydrogen-bond acceptors (Lipinski definition) is 6. The summed E-state index contributed by atoms with van der Waals surface area (Å²) in [4.78, 5) is 21.2. The molecular formula is C20H24N6O3S. The number of nitrogens with zero attached hydrogens (tertiary/aromatic N) is 6. The molecule has 0 saturated carbocycles. The molecule has 1 fully saturated rings. The van der Waals surface area contributed by atoms with Crippen molar-refractivity contribution in [1.82, 2.24) is 28.6 Å². The van der Waals surface area contributed by atoms with Gasteiger partial charge in [-0.15, -0.1) is 0 Å². The first kappa shape index (κ1) is 20.4. The molecule has 10 heteroatoms. The molecule has 3 aromatic rings. The highest BCUT2D eigenvalue weighted by Crippen LogP contribution is 2.23. The highest BCUT2D eigenvalue weighted by molar-refractivity contribution is 7.89. The summed E-state index contributed by atoms with van der Waals surface area (Å²) in [5.41, 5.74) is 1.70. The fraction of sp³-hybridized carbons (Fsp3) is 0.400. The van der Waals surface area contributed by atoms with Crippen LogP contribution < -0.4 is 0 Å². The van der Waals surface area contributed by atoms with Crippen LogP contribution in [0.25, 0.3) is 5.82 Å². The van der Waals surface area contributed by atoms with Crippen LogP contribution in [0.2, 0.25) is 0 Å². The fourth-order valence-electron chi connectivity index (χ4n) is 3.69. The number of piperidine rings is 1. The first-order valence-corrected chi connectivity index (χ1v) is 11.3. The van der Waals surface area contributed by atoms with Crippen LogP contribution in [-0.4, -0.2) is 56.0 Å². The number of sulfonamides is 1. The number of pyridine rings is 1. The normalized spacial score (nSPS) is 17.9. The smallest absolute Gasteiger partial charge is 0.290 e. The zero-order valence-electron chi connectivity index (χ0n) is 17.2. The lowest BCUT2D eigenvalue weighted by Gasteiger charge is -2.29. The van der Waals surface area contributed by atoms with E-state index in [0.717, 1.165) is 24.2 Å². The predicted molar refractivity (Wildman–Crippen MR) is 110 cm³/mol. The minimum absolute atomic E-state index is 0.166. The lowest BCUT2D eigenvalue weighted by molar-refractivity contribution is 0.0938. The summed E-state index contributed by atoms with van der Waals surface area (Å²) in [6.07, 6.45) is 6.30. The van der Waals surface area contributed by atoms with E-state index in [4.69, 9.17) is 0 Å². The molecule has 3 aromatic heterocycles. The molecule has 30 heavy (non-hydrogen) atoms. The lowest BCUT2D eigenvalue weighted by Crippen LogP contribution is -2.39. The average molecular weight is 429 g/mol. The molecule has 1 aliphatic rings. The molecule has 158 valence electrons. The SMILES string of the molecule is Cc1cc(C)n(C(=O)c2cn(-c3ccc(S(=O)(=O)N4CCCC(C)C4)cn3)cn2)n1. The van der Waals surface area contributed by atoms with Crippen LogP contribution in [-0.2, 0) is 10.0 Å². The van der Waals surface area contributed by atoms with E-state index in [0.29, 0.717) is 24.8 Å². The zero-order chi connectivity index (χ0) is 21.5. The Morgan fingerprint density at radius 3 is 2.63 bits per heavy atom. The minimum Gasteiger partial charge on any atom is -0.290 e. The highest BCUT2D eigenvalue weighted by atomic mass is 32.2. The van der Waals surface area contributed by atoms with Crippen molar-refractivity contribution in [2.45, 2.75) is 38.5 Å². The van der Waals surface area contributed by atoms with Gasteiger partial charge in [0.05, 0.1) is 5.69 Å². The molecule has 0 bridgehead atoms. The molecule has 4 heterocycles. The maximum Gasteiger partial charge on any atom is 0.298 e. The third-order valence-corrected chi connectivity index (χ3v) is 7.10. The number of rotatable bonds is 4. The third kappa shape index (κ3) is 3.80. The van der Waals surface area contributed by atoms with Crippen molar-refractivity contribution in [3.8, 4) is 5.82 Å². The van der Waals surface area contributed by atoms with Gasteiger partial charge in [0.25, 0.3) is 5.91 Å². The number of carbonyl (C=O) groups excluding carboxylic acids is 1. The summed E-state index contributed by atoms with van der Waals surface area (Å²) < 4.78 is 30.2. The summed E-state index contributed by atoms with van der Waals surface area (Å²) in [5, 5.41) is 4.19. The molecule has 4 rings (SSSR count). The topological polar surface area (TPSA) is 103 Å². The Labute approximate surface area is 175 Å². The lowest BCUT2D eigenvalue weighted by atomic mass is 10.0. The second kappa shape index (κ2) is 7.77. The number of aromatic nitrogens is 5. The van der Waals surface area contributed by atoms with Crippen LogP contribution in [0.5, 0.6) is 0 Å². The summed E-state index contributed by atoms with van der Waals surface area (Å²) in [6.45, 7) is 6.75. The highest BCUT2D eigenvalue weighted by Gasteiger charge is 2.29. The average Bonchev–Trinajstić information content (AvgIpc) is 3.34. The van der Waals surface area contributed by atoms with Crippen LogP contribution in [0.3, 0.4) is 0 Å². The Hall–Kier alpha value is -2.85. The zero-order valence-corrected chi connectivity index (χ0v) is 18.0. The molecular weight excluding hydrogens is 404 g/mol. The van der Waals surface area contributed by atoms with Gasteiger partial charge in [0.2, 0.25) is 10.0 Å². The van der Waals surface area contributed by atoms with E-state index in [-0.39, 0.29) is 16.5 Å². The van der Waals surface area contributed by atoms with Crippen LogP contribution in [0, 0.1) is 19.8 Å². The Bertz CT molecular complexity index is 1180.